The predicted octanol–water partition coefficient (Wildman–Crippen LogP) is 3.84. The molecule has 0 saturated heterocycles. The van der Waals surface area contributed by atoms with Gasteiger partial charge in [0.05, 0.1) is 5.69 Å². The van der Waals surface area contributed by atoms with Crippen LogP contribution in [0.15, 0.2) is 42.5 Å². The van der Waals surface area contributed by atoms with E-state index in [9.17, 15) is 8.78 Å². The van der Waals surface area contributed by atoms with E-state index in [1.165, 1.54) is 18.2 Å². The third kappa shape index (κ3) is 3.33. The molecule has 0 radical (unpaired) electrons. The smallest absolute Gasteiger partial charge is 0.147 e. The lowest BCUT2D eigenvalue weighted by atomic mass is 10.1. The minimum atomic E-state index is -0.335. The highest BCUT2D eigenvalue weighted by Gasteiger charge is 2.10. The third-order valence-corrected chi connectivity index (χ3v) is 3.15. The molecule has 20 heavy (non-hydrogen) atoms. The second kappa shape index (κ2) is 6.48. The summed E-state index contributed by atoms with van der Waals surface area (Å²) in [5.41, 5.74) is 1.93. The molecule has 2 aromatic rings. The summed E-state index contributed by atoms with van der Waals surface area (Å²) in [4.78, 5) is 1.63. The molecule has 0 fully saturated rings. The van der Waals surface area contributed by atoms with Crippen molar-refractivity contribution < 1.29 is 8.78 Å². The summed E-state index contributed by atoms with van der Waals surface area (Å²) in [6.45, 7) is 3.48. The maximum absolute atomic E-state index is 14.2. The van der Waals surface area contributed by atoms with Gasteiger partial charge in [-0.25, -0.2) is 8.78 Å². The summed E-state index contributed by atoms with van der Waals surface area (Å²) < 4.78 is 27.4. The van der Waals surface area contributed by atoms with E-state index >= 15 is 0 Å². The Morgan fingerprint density at radius 2 is 1.90 bits per heavy atom. The molecule has 0 amide bonds. The summed E-state index contributed by atoms with van der Waals surface area (Å²) >= 11 is 0. The molecule has 0 unspecified atom stereocenters. The number of nitrogens with zero attached hydrogens (tertiary/aromatic N) is 1. The minimum absolute atomic E-state index is 0.313. The predicted molar refractivity (Wildman–Crippen MR) is 78.2 cm³/mol. The first-order chi connectivity index (χ1) is 9.61. The van der Waals surface area contributed by atoms with Crippen LogP contribution < -0.4 is 10.2 Å². The number of benzene rings is 2. The standard InChI is InChI=1S/C16H18F2N2/c1-3-19-11-12-7-8-16(15(18)9-12)20(2)14-6-4-5-13(17)10-14/h4-10,19H,3,11H2,1-2H3. The van der Waals surface area contributed by atoms with Crippen LogP contribution in [0.3, 0.4) is 0 Å². The van der Waals surface area contributed by atoms with Crippen LogP contribution in [-0.4, -0.2) is 13.6 Å². The molecule has 0 spiro atoms. The molecule has 2 aromatic carbocycles. The fourth-order valence-corrected chi connectivity index (χ4v) is 2.03. The minimum Gasteiger partial charge on any atom is -0.342 e. The van der Waals surface area contributed by atoms with Gasteiger partial charge < -0.3 is 10.2 Å². The molecule has 0 heterocycles. The van der Waals surface area contributed by atoms with Crippen LogP contribution in [0.25, 0.3) is 0 Å². The number of hydrogen-bond donors (Lipinski definition) is 1. The molecule has 4 heteroatoms. The maximum atomic E-state index is 14.2. The average molecular weight is 276 g/mol. The van der Waals surface area contributed by atoms with Crippen LogP contribution in [0.4, 0.5) is 20.2 Å². The molecule has 0 aromatic heterocycles. The fraction of sp³-hybridized carbons (Fsp3) is 0.250. The molecule has 0 atom stereocenters. The molecule has 0 aliphatic rings. The van der Waals surface area contributed by atoms with Crippen molar-refractivity contribution in [2.24, 2.45) is 0 Å². The molecular formula is C16H18F2N2. The highest BCUT2D eigenvalue weighted by Crippen LogP contribution is 2.27. The highest BCUT2D eigenvalue weighted by atomic mass is 19.1. The molecule has 106 valence electrons. The Balaban J connectivity index is 2.24. The van der Waals surface area contributed by atoms with Crippen LogP contribution in [0.1, 0.15) is 12.5 Å². The molecule has 0 bridgehead atoms. The van der Waals surface area contributed by atoms with Crippen molar-refractivity contribution in [1.29, 1.82) is 0 Å². The molecule has 0 aliphatic heterocycles. The van der Waals surface area contributed by atoms with Crippen molar-refractivity contribution in [3.05, 3.63) is 59.7 Å². The number of halogens is 2. The van der Waals surface area contributed by atoms with Gasteiger partial charge in [0.25, 0.3) is 0 Å². The van der Waals surface area contributed by atoms with E-state index in [-0.39, 0.29) is 11.6 Å². The Hall–Kier alpha value is -1.94. The van der Waals surface area contributed by atoms with Crippen LogP contribution in [0.2, 0.25) is 0 Å². The van der Waals surface area contributed by atoms with Gasteiger partial charge >= 0.3 is 0 Å². The number of nitrogens with one attached hydrogen (secondary N) is 1. The van der Waals surface area contributed by atoms with Crippen molar-refractivity contribution in [3.8, 4) is 0 Å². The van der Waals surface area contributed by atoms with Gasteiger partial charge in [-0.3, -0.25) is 0 Å². The van der Waals surface area contributed by atoms with E-state index in [1.54, 1.807) is 30.1 Å². The maximum Gasteiger partial charge on any atom is 0.147 e. The Bertz CT molecular complexity index is 584. The first-order valence-electron chi connectivity index (χ1n) is 6.60. The van der Waals surface area contributed by atoms with Crippen molar-refractivity contribution in [1.82, 2.24) is 5.32 Å². The molecule has 0 aliphatic carbocycles. The Kier molecular flexibility index (Phi) is 4.69. The summed E-state index contributed by atoms with van der Waals surface area (Å²) in [6.07, 6.45) is 0. The lowest BCUT2D eigenvalue weighted by molar-refractivity contribution is 0.619. The summed E-state index contributed by atoms with van der Waals surface area (Å²) in [5, 5.41) is 3.15. The van der Waals surface area contributed by atoms with Gasteiger partial charge in [0.15, 0.2) is 0 Å². The van der Waals surface area contributed by atoms with E-state index in [4.69, 9.17) is 0 Å². The normalized spacial score (nSPS) is 10.6. The molecule has 2 nitrogen and oxygen atoms in total. The molecule has 0 saturated carbocycles. The van der Waals surface area contributed by atoms with Crippen molar-refractivity contribution in [2.75, 3.05) is 18.5 Å². The molecular weight excluding hydrogens is 258 g/mol. The number of anilines is 2. The second-order valence-corrected chi connectivity index (χ2v) is 4.60. The van der Waals surface area contributed by atoms with Gasteiger partial charge in [0.1, 0.15) is 11.6 Å². The zero-order valence-electron chi connectivity index (χ0n) is 11.7. The zero-order valence-corrected chi connectivity index (χ0v) is 11.7. The van der Waals surface area contributed by atoms with Crippen molar-refractivity contribution in [2.45, 2.75) is 13.5 Å². The quantitative estimate of drug-likeness (QED) is 0.892. The van der Waals surface area contributed by atoms with E-state index in [2.05, 4.69) is 5.32 Å². The number of hydrogen-bond acceptors (Lipinski definition) is 2. The molecule has 2 rings (SSSR count). The Labute approximate surface area is 118 Å². The monoisotopic (exact) mass is 276 g/mol. The van der Waals surface area contributed by atoms with E-state index in [0.29, 0.717) is 17.9 Å². The lowest BCUT2D eigenvalue weighted by Gasteiger charge is -2.20. The van der Waals surface area contributed by atoms with E-state index in [1.807, 2.05) is 13.0 Å². The van der Waals surface area contributed by atoms with E-state index < -0.39 is 0 Å². The van der Waals surface area contributed by atoms with Crippen LogP contribution in [0.5, 0.6) is 0 Å². The zero-order chi connectivity index (χ0) is 14.5. The van der Waals surface area contributed by atoms with Gasteiger partial charge in [-0.2, -0.15) is 0 Å². The number of rotatable bonds is 5. The van der Waals surface area contributed by atoms with Gasteiger partial charge in [-0.15, -0.1) is 0 Å². The van der Waals surface area contributed by atoms with Crippen molar-refractivity contribution in [3.63, 3.8) is 0 Å². The van der Waals surface area contributed by atoms with Crippen molar-refractivity contribution >= 4 is 11.4 Å². The lowest BCUT2D eigenvalue weighted by Crippen LogP contribution is -2.14. The SMILES string of the molecule is CCNCc1ccc(N(C)c2cccc(F)c2)c(F)c1. The Morgan fingerprint density at radius 1 is 1.10 bits per heavy atom. The van der Waals surface area contributed by atoms with Gasteiger partial charge in [0.2, 0.25) is 0 Å². The van der Waals surface area contributed by atoms with Crippen LogP contribution >= 0.6 is 0 Å². The van der Waals surface area contributed by atoms with Gasteiger partial charge in [-0.05, 0) is 42.4 Å². The first kappa shape index (κ1) is 14.5. The second-order valence-electron chi connectivity index (χ2n) is 4.60. The summed E-state index contributed by atoms with van der Waals surface area (Å²) in [7, 11) is 1.72. The highest BCUT2D eigenvalue weighted by molar-refractivity contribution is 5.63. The van der Waals surface area contributed by atoms with Gasteiger partial charge in [-0.1, -0.05) is 19.1 Å². The first-order valence-corrected chi connectivity index (χ1v) is 6.60. The summed E-state index contributed by atoms with van der Waals surface area (Å²) in [6, 6.07) is 11.2. The third-order valence-electron chi connectivity index (χ3n) is 3.15. The topological polar surface area (TPSA) is 15.3 Å². The van der Waals surface area contributed by atoms with E-state index in [0.717, 1.165) is 12.1 Å². The van der Waals surface area contributed by atoms with Crippen LogP contribution in [-0.2, 0) is 6.54 Å². The Morgan fingerprint density at radius 3 is 2.55 bits per heavy atom. The van der Waals surface area contributed by atoms with Crippen LogP contribution in [0, 0.1) is 11.6 Å². The average Bonchev–Trinajstić information content (AvgIpc) is 2.44. The largest absolute Gasteiger partial charge is 0.342 e. The fourth-order valence-electron chi connectivity index (χ4n) is 2.03. The molecule has 1 N–H and O–H groups in total. The van der Waals surface area contributed by atoms with Gasteiger partial charge in [0, 0.05) is 19.3 Å². The summed E-state index contributed by atoms with van der Waals surface area (Å²) in [5.74, 6) is -0.648.